The second kappa shape index (κ2) is 9.36. The van der Waals surface area contributed by atoms with Gasteiger partial charge in [-0.3, -0.25) is 4.90 Å². The van der Waals surface area contributed by atoms with Gasteiger partial charge in [-0.2, -0.15) is 0 Å². The van der Waals surface area contributed by atoms with Gasteiger partial charge < -0.3 is 9.72 Å². The van der Waals surface area contributed by atoms with Crippen LogP contribution in [0, 0.1) is 17.0 Å². The van der Waals surface area contributed by atoms with E-state index in [1.807, 2.05) is 31.2 Å². The number of fused-ring (bicyclic) bond motifs is 3. The van der Waals surface area contributed by atoms with Crippen molar-refractivity contribution in [1.29, 1.82) is 0 Å². The summed E-state index contributed by atoms with van der Waals surface area (Å²) in [6.07, 6.45) is 5.85. The Balaban J connectivity index is 1.63. The summed E-state index contributed by atoms with van der Waals surface area (Å²) in [7, 11) is -1.99. The number of carbonyl (C=O) groups excluding carboxylic acids is 1. The lowest BCUT2D eigenvalue weighted by atomic mass is 9.86. The molecule has 1 aliphatic heterocycles. The third-order valence-electron chi connectivity index (χ3n) is 7.55. The van der Waals surface area contributed by atoms with Crippen LogP contribution >= 0.6 is 0 Å². The van der Waals surface area contributed by atoms with Crippen molar-refractivity contribution in [1.82, 2.24) is 9.88 Å². The molecule has 0 spiro atoms. The molecule has 2 aromatic carbocycles. The van der Waals surface area contributed by atoms with Crippen molar-refractivity contribution in [3.63, 3.8) is 0 Å². The molecule has 1 saturated carbocycles. The highest BCUT2D eigenvalue weighted by atomic mass is 32.2. The van der Waals surface area contributed by atoms with E-state index in [4.69, 9.17) is 0 Å². The van der Waals surface area contributed by atoms with E-state index in [9.17, 15) is 13.2 Å². The van der Waals surface area contributed by atoms with Crippen LogP contribution < -0.4 is 0 Å². The zero-order chi connectivity index (χ0) is 26.5. The highest BCUT2D eigenvalue weighted by Gasteiger charge is 2.50. The Hall–Kier alpha value is -3.04. The van der Waals surface area contributed by atoms with Crippen LogP contribution in [0.4, 0.5) is 8.78 Å². The molecule has 2 aliphatic rings. The monoisotopic (exact) mass is 528 g/mol. The van der Waals surface area contributed by atoms with Crippen LogP contribution in [0.1, 0.15) is 48.2 Å². The van der Waals surface area contributed by atoms with Crippen molar-refractivity contribution in [2.75, 3.05) is 25.7 Å². The minimum Gasteiger partial charge on any atom is -0.466 e. The number of sulfone groups is 1. The molecule has 6 nitrogen and oxygen atoms in total. The number of halogens is 2. The molecule has 37 heavy (non-hydrogen) atoms. The van der Waals surface area contributed by atoms with E-state index in [1.54, 1.807) is 0 Å². The van der Waals surface area contributed by atoms with E-state index in [0.29, 0.717) is 13.0 Å². The summed E-state index contributed by atoms with van der Waals surface area (Å²) in [5.41, 5.74) is 2.33. The first-order valence-corrected chi connectivity index (χ1v) is 14.3. The van der Waals surface area contributed by atoms with Gasteiger partial charge in [0.15, 0.2) is 0 Å². The van der Waals surface area contributed by atoms with Gasteiger partial charge in [0.05, 0.1) is 18.9 Å². The molecule has 2 atom stereocenters. The van der Waals surface area contributed by atoms with E-state index in [2.05, 4.69) is 14.6 Å². The van der Waals surface area contributed by atoms with Gasteiger partial charge >= 0.3 is 5.97 Å². The first kappa shape index (κ1) is 25.6. The minimum atomic E-state index is -3.22. The molecule has 5 rings (SSSR count). The number of rotatable bonds is 7. The average Bonchev–Trinajstić information content (AvgIpc) is 3.47. The maximum atomic E-state index is 15.7. The molecular formula is C28H30F2N2O4S. The summed E-state index contributed by atoms with van der Waals surface area (Å²) in [5.74, 6) is -2.03. The minimum absolute atomic E-state index is 0.0533. The van der Waals surface area contributed by atoms with Crippen LogP contribution in [0.2, 0.25) is 0 Å². The summed E-state index contributed by atoms with van der Waals surface area (Å²) in [5, 5.41) is 1.02. The Bertz CT molecular complexity index is 1480. The van der Waals surface area contributed by atoms with Crippen LogP contribution in [-0.2, 0) is 25.8 Å². The number of hydrogen-bond donors (Lipinski definition) is 1. The predicted molar refractivity (Wildman–Crippen MR) is 139 cm³/mol. The largest absolute Gasteiger partial charge is 0.466 e. The number of benzene rings is 2. The number of nitrogens with one attached hydrogen (secondary N) is 1. The van der Waals surface area contributed by atoms with Crippen molar-refractivity contribution in [3.8, 4) is 0 Å². The van der Waals surface area contributed by atoms with Crippen molar-refractivity contribution in [3.05, 3.63) is 76.5 Å². The number of aromatic nitrogens is 1. The fourth-order valence-corrected chi connectivity index (χ4v) is 7.22. The molecule has 0 saturated heterocycles. The van der Waals surface area contributed by atoms with Crippen molar-refractivity contribution >= 4 is 32.8 Å². The molecule has 3 aromatic rings. The number of para-hydroxylation sites is 1. The first-order chi connectivity index (χ1) is 17.5. The van der Waals surface area contributed by atoms with E-state index < -0.39 is 38.9 Å². The Morgan fingerprint density at radius 1 is 1.22 bits per heavy atom. The maximum absolute atomic E-state index is 15.7. The molecule has 0 radical (unpaired) electrons. The number of hydrogen-bond acceptors (Lipinski definition) is 5. The third kappa shape index (κ3) is 5.07. The summed E-state index contributed by atoms with van der Waals surface area (Å²) in [6, 6.07) is 9.38. The number of aromatic amines is 1. The van der Waals surface area contributed by atoms with Crippen LogP contribution in [0.5, 0.6) is 0 Å². The van der Waals surface area contributed by atoms with Crippen LogP contribution in [0.3, 0.4) is 0 Å². The smallest absolute Gasteiger partial charge is 0.330 e. The number of carbonyl (C=O) groups is 1. The molecular weight excluding hydrogens is 498 g/mol. The molecule has 196 valence electrons. The number of H-pyrrole nitrogens is 1. The third-order valence-corrected chi connectivity index (χ3v) is 8.69. The van der Waals surface area contributed by atoms with Gasteiger partial charge in [-0.05, 0) is 67.0 Å². The molecule has 2 heterocycles. The maximum Gasteiger partial charge on any atom is 0.330 e. The SMILES string of the molecule is COC(=O)/C=C/c1cc(F)c([C@@H]2c3[nH]c4ccccc4c3C[C@@H](C)N2CC2(CS(C)(=O)=O)CC2)c(F)c1. The van der Waals surface area contributed by atoms with Crippen LogP contribution in [0.15, 0.2) is 42.5 Å². The lowest BCUT2D eigenvalue weighted by Crippen LogP contribution is -2.47. The van der Waals surface area contributed by atoms with Crippen LogP contribution in [-0.4, -0.2) is 56.0 Å². The number of ether oxygens (including phenoxy) is 1. The molecule has 1 aliphatic carbocycles. The summed E-state index contributed by atoms with van der Waals surface area (Å²) >= 11 is 0. The van der Waals surface area contributed by atoms with Gasteiger partial charge in [0.1, 0.15) is 21.5 Å². The van der Waals surface area contributed by atoms with Gasteiger partial charge in [0.2, 0.25) is 0 Å². The first-order valence-electron chi connectivity index (χ1n) is 12.3. The average molecular weight is 529 g/mol. The molecule has 1 aromatic heterocycles. The molecule has 1 N–H and O–H groups in total. The zero-order valence-corrected chi connectivity index (χ0v) is 21.9. The molecule has 9 heteroatoms. The standard InChI is InChI=1S/C28H30F2N2O4S/c1-17-12-20-19-6-4-5-7-23(19)31-26(20)27(32(17)15-28(10-11-28)16-37(3,34)35)25-21(29)13-18(14-22(25)30)8-9-24(33)36-2/h4-9,13-14,17,27,31H,10-12,15-16H2,1-3H3/b9-8+/t17-,27-/m1/s1. The Morgan fingerprint density at radius 2 is 1.89 bits per heavy atom. The van der Waals surface area contributed by atoms with Crippen molar-refractivity contribution in [2.24, 2.45) is 5.41 Å². The molecule has 0 unspecified atom stereocenters. The molecule has 0 bridgehead atoms. The van der Waals surface area contributed by atoms with Crippen molar-refractivity contribution in [2.45, 2.75) is 38.3 Å². The second-order valence-corrected chi connectivity index (χ2v) is 12.7. The normalized spacial score (nSPS) is 21.3. The van der Waals surface area contributed by atoms with Gasteiger partial charge in [-0.15, -0.1) is 0 Å². The highest BCUT2D eigenvalue weighted by Crippen LogP contribution is 2.51. The summed E-state index contributed by atoms with van der Waals surface area (Å²) < 4.78 is 60.4. The number of esters is 1. The fraction of sp³-hybridized carbons (Fsp3) is 0.393. The lowest BCUT2D eigenvalue weighted by Gasteiger charge is -2.43. The van der Waals surface area contributed by atoms with E-state index in [0.717, 1.165) is 41.1 Å². The quantitative estimate of drug-likeness (QED) is 0.352. The van der Waals surface area contributed by atoms with E-state index in [-0.39, 0.29) is 22.9 Å². The van der Waals surface area contributed by atoms with Gasteiger partial charge in [0, 0.05) is 47.1 Å². The predicted octanol–water partition coefficient (Wildman–Crippen LogP) is 4.79. The number of nitrogens with zero attached hydrogens (tertiary/aromatic N) is 1. The number of methoxy groups -OCH3 is 1. The Kier molecular flexibility index (Phi) is 6.48. The molecule has 1 fully saturated rings. The second-order valence-electron chi connectivity index (χ2n) is 10.5. The van der Waals surface area contributed by atoms with Gasteiger partial charge in [0.25, 0.3) is 0 Å². The summed E-state index contributed by atoms with van der Waals surface area (Å²) in [6.45, 7) is 2.45. The zero-order valence-electron chi connectivity index (χ0n) is 21.1. The topological polar surface area (TPSA) is 79.5 Å². The van der Waals surface area contributed by atoms with Crippen LogP contribution in [0.25, 0.3) is 17.0 Å². The van der Waals surface area contributed by atoms with E-state index >= 15 is 8.78 Å². The summed E-state index contributed by atoms with van der Waals surface area (Å²) in [4.78, 5) is 16.9. The van der Waals surface area contributed by atoms with Gasteiger partial charge in [-0.25, -0.2) is 22.0 Å². The highest BCUT2D eigenvalue weighted by molar-refractivity contribution is 7.90. The van der Waals surface area contributed by atoms with Gasteiger partial charge in [-0.1, -0.05) is 18.2 Å². The van der Waals surface area contributed by atoms with Crippen molar-refractivity contribution < 1.29 is 26.7 Å². The Labute approximate surface area is 215 Å². The Morgan fingerprint density at radius 3 is 2.51 bits per heavy atom. The lowest BCUT2D eigenvalue weighted by molar-refractivity contribution is -0.134. The molecule has 0 amide bonds. The van der Waals surface area contributed by atoms with E-state index in [1.165, 1.54) is 31.6 Å². The fourth-order valence-electron chi connectivity index (χ4n) is 5.73.